The zero-order valence-electron chi connectivity index (χ0n) is 10.6. The van der Waals surface area contributed by atoms with Crippen LogP contribution < -0.4 is 0 Å². The summed E-state index contributed by atoms with van der Waals surface area (Å²) < 4.78 is 13.3. The minimum Gasteiger partial charge on any atom is -0.390 e. The second-order valence-electron chi connectivity index (χ2n) is 5.38. The van der Waals surface area contributed by atoms with Crippen LogP contribution in [0.2, 0.25) is 5.02 Å². The van der Waals surface area contributed by atoms with E-state index in [9.17, 15) is 9.50 Å². The summed E-state index contributed by atoms with van der Waals surface area (Å²) in [5.41, 5.74) is 0.374. The van der Waals surface area contributed by atoms with E-state index >= 15 is 0 Å². The molecule has 100 valence electrons. The summed E-state index contributed by atoms with van der Waals surface area (Å²) in [6, 6.07) is 4.94. The zero-order valence-corrected chi connectivity index (χ0v) is 11.4. The highest BCUT2D eigenvalue weighted by atomic mass is 35.5. The fraction of sp³-hybridized carbons (Fsp3) is 0.571. The molecule has 0 saturated carbocycles. The molecule has 0 aliphatic carbocycles. The Kier molecular flexibility index (Phi) is 4.25. The van der Waals surface area contributed by atoms with Gasteiger partial charge in [-0.25, -0.2) is 4.39 Å². The van der Waals surface area contributed by atoms with Crippen molar-refractivity contribution in [2.45, 2.75) is 38.3 Å². The van der Waals surface area contributed by atoms with Crippen molar-refractivity contribution in [1.82, 2.24) is 4.90 Å². The highest BCUT2D eigenvalue weighted by Gasteiger charge is 2.24. The molecule has 1 atom stereocenters. The average Bonchev–Trinajstić information content (AvgIpc) is 2.46. The Morgan fingerprint density at radius 1 is 1.39 bits per heavy atom. The van der Waals surface area contributed by atoms with Crippen LogP contribution in [0.4, 0.5) is 4.39 Å². The Morgan fingerprint density at radius 3 is 2.89 bits per heavy atom. The van der Waals surface area contributed by atoms with E-state index in [0.29, 0.717) is 6.54 Å². The number of halogens is 2. The van der Waals surface area contributed by atoms with Gasteiger partial charge in [0.25, 0.3) is 0 Å². The molecule has 0 radical (unpaired) electrons. The van der Waals surface area contributed by atoms with E-state index in [1.54, 1.807) is 6.07 Å². The molecule has 1 aromatic rings. The summed E-state index contributed by atoms with van der Waals surface area (Å²) in [5.74, 6) is -0.365. The maximum atomic E-state index is 13.3. The van der Waals surface area contributed by atoms with Gasteiger partial charge in [-0.1, -0.05) is 17.7 Å². The van der Waals surface area contributed by atoms with E-state index in [1.165, 1.54) is 6.07 Å². The predicted molar refractivity (Wildman–Crippen MR) is 71.2 cm³/mol. The number of hydrogen-bond donors (Lipinski definition) is 1. The molecular formula is C14H19ClFNO. The Balaban J connectivity index is 1.98. The van der Waals surface area contributed by atoms with Gasteiger partial charge < -0.3 is 5.11 Å². The molecule has 2 rings (SSSR count). The molecular weight excluding hydrogens is 253 g/mol. The van der Waals surface area contributed by atoms with Crippen LogP contribution >= 0.6 is 11.6 Å². The third-order valence-corrected chi connectivity index (χ3v) is 3.85. The molecule has 0 aromatic heterocycles. The van der Waals surface area contributed by atoms with Crippen LogP contribution in [0.1, 0.15) is 31.7 Å². The van der Waals surface area contributed by atoms with Crippen molar-refractivity contribution in [2.24, 2.45) is 0 Å². The molecule has 1 saturated heterocycles. The van der Waals surface area contributed by atoms with Crippen LogP contribution in [0.15, 0.2) is 18.2 Å². The first-order valence-electron chi connectivity index (χ1n) is 6.35. The Hall–Kier alpha value is -0.640. The van der Waals surface area contributed by atoms with Crippen LogP contribution in [0.5, 0.6) is 0 Å². The topological polar surface area (TPSA) is 23.5 Å². The van der Waals surface area contributed by atoms with Gasteiger partial charge in [0.1, 0.15) is 5.82 Å². The summed E-state index contributed by atoms with van der Waals surface area (Å²) in [4.78, 5) is 2.25. The van der Waals surface area contributed by atoms with Crippen LogP contribution in [0.25, 0.3) is 0 Å². The van der Waals surface area contributed by atoms with Crippen molar-refractivity contribution < 1.29 is 9.50 Å². The molecule has 1 aromatic carbocycles. The van der Waals surface area contributed by atoms with Gasteiger partial charge in [0.05, 0.1) is 10.6 Å². The summed E-state index contributed by atoms with van der Waals surface area (Å²) >= 11 is 5.67. The lowest BCUT2D eigenvalue weighted by Crippen LogP contribution is -2.28. The smallest absolute Gasteiger partial charge is 0.142 e. The van der Waals surface area contributed by atoms with E-state index in [2.05, 4.69) is 4.90 Å². The third-order valence-electron chi connectivity index (χ3n) is 3.55. The van der Waals surface area contributed by atoms with Crippen molar-refractivity contribution in [3.05, 3.63) is 34.6 Å². The van der Waals surface area contributed by atoms with Gasteiger partial charge in [0.15, 0.2) is 0 Å². The first-order valence-corrected chi connectivity index (χ1v) is 6.73. The second kappa shape index (κ2) is 5.55. The monoisotopic (exact) mass is 271 g/mol. The molecule has 2 nitrogen and oxygen atoms in total. The second-order valence-corrected chi connectivity index (χ2v) is 5.78. The molecule has 4 heteroatoms. The first kappa shape index (κ1) is 13.8. The molecule has 0 spiro atoms. The summed E-state index contributed by atoms with van der Waals surface area (Å²) in [6.07, 6.45) is 2.57. The van der Waals surface area contributed by atoms with E-state index in [0.717, 1.165) is 37.9 Å². The maximum Gasteiger partial charge on any atom is 0.142 e. The van der Waals surface area contributed by atoms with Crippen LogP contribution in [0, 0.1) is 5.82 Å². The normalized spacial score (nSPS) is 26.0. The first-order chi connectivity index (χ1) is 8.46. The van der Waals surface area contributed by atoms with Gasteiger partial charge in [-0.3, -0.25) is 4.90 Å². The highest BCUT2D eigenvalue weighted by Crippen LogP contribution is 2.23. The SMILES string of the molecule is CC1(O)CCCN(Cc2ccc(Cl)c(F)c2)CC1. The summed E-state index contributed by atoms with van der Waals surface area (Å²) in [7, 11) is 0. The Morgan fingerprint density at radius 2 is 2.17 bits per heavy atom. The minimum atomic E-state index is -0.556. The fourth-order valence-electron chi connectivity index (χ4n) is 2.37. The van der Waals surface area contributed by atoms with Crippen molar-refractivity contribution in [3.8, 4) is 0 Å². The molecule has 1 aliphatic rings. The van der Waals surface area contributed by atoms with Gasteiger partial charge in [-0.15, -0.1) is 0 Å². The Labute approximate surface area is 112 Å². The van der Waals surface area contributed by atoms with Gasteiger partial charge in [0, 0.05) is 13.1 Å². The lowest BCUT2D eigenvalue weighted by molar-refractivity contribution is 0.0444. The van der Waals surface area contributed by atoms with E-state index in [4.69, 9.17) is 11.6 Å². The van der Waals surface area contributed by atoms with Crippen molar-refractivity contribution >= 4 is 11.6 Å². The van der Waals surface area contributed by atoms with E-state index in [-0.39, 0.29) is 10.8 Å². The zero-order chi connectivity index (χ0) is 13.2. The fourth-order valence-corrected chi connectivity index (χ4v) is 2.49. The molecule has 0 bridgehead atoms. The van der Waals surface area contributed by atoms with Crippen LogP contribution in [0.3, 0.4) is 0 Å². The lowest BCUT2D eigenvalue weighted by atomic mass is 9.98. The van der Waals surface area contributed by atoms with E-state index < -0.39 is 5.60 Å². The van der Waals surface area contributed by atoms with Crippen LogP contribution in [-0.2, 0) is 6.54 Å². The number of hydrogen-bond acceptors (Lipinski definition) is 2. The Bertz CT molecular complexity index is 422. The number of aliphatic hydroxyl groups is 1. The van der Waals surface area contributed by atoms with Crippen molar-refractivity contribution in [3.63, 3.8) is 0 Å². The molecule has 18 heavy (non-hydrogen) atoms. The molecule has 1 unspecified atom stereocenters. The summed E-state index contributed by atoms with van der Waals surface area (Å²) in [5, 5.41) is 10.2. The van der Waals surface area contributed by atoms with Crippen molar-refractivity contribution in [1.29, 1.82) is 0 Å². The molecule has 0 amide bonds. The van der Waals surface area contributed by atoms with Gasteiger partial charge >= 0.3 is 0 Å². The van der Waals surface area contributed by atoms with E-state index in [1.807, 2.05) is 13.0 Å². The third kappa shape index (κ3) is 3.67. The van der Waals surface area contributed by atoms with Gasteiger partial charge in [-0.2, -0.15) is 0 Å². The average molecular weight is 272 g/mol. The molecule has 1 heterocycles. The van der Waals surface area contributed by atoms with Gasteiger partial charge in [-0.05, 0) is 50.4 Å². The number of nitrogens with zero attached hydrogens (tertiary/aromatic N) is 1. The number of likely N-dealkylation sites (tertiary alicyclic amines) is 1. The summed E-state index contributed by atoms with van der Waals surface area (Å²) in [6.45, 7) is 4.39. The predicted octanol–water partition coefficient (Wildman–Crippen LogP) is 3.22. The molecule has 1 N–H and O–H groups in total. The molecule has 1 aliphatic heterocycles. The number of rotatable bonds is 2. The maximum absolute atomic E-state index is 13.3. The largest absolute Gasteiger partial charge is 0.390 e. The van der Waals surface area contributed by atoms with Crippen LogP contribution in [-0.4, -0.2) is 28.7 Å². The quantitative estimate of drug-likeness (QED) is 0.893. The van der Waals surface area contributed by atoms with Gasteiger partial charge in [0.2, 0.25) is 0 Å². The standard InChI is InChI=1S/C14H19ClFNO/c1-14(18)5-2-7-17(8-6-14)10-11-3-4-12(15)13(16)9-11/h3-4,9,18H,2,5-8,10H2,1H3. The molecule has 1 fully saturated rings. The lowest BCUT2D eigenvalue weighted by Gasteiger charge is -2.22. The van der Waals surface area contributed by atoms with Crippen molar-refractivity contribution in [2.75, 3.05) is 13.1 Å². The minimum absolute atomic E-state index is 0.164. The highest BCUT2D eigenvalue weighted by molar-refractivity contribution is 6.30. The number of benzene rings is 1.